The number of amides is 2. The number of carbonyl (C=O) groups excluding carboxylic acids is 3. The summed E-state index contributed by atoms with van der Waals surface area (Å²) in [4.78, 5) is 40.6. The fourth-order valence-electron chi connectivity index (χ4n) is 4.44. The number of fused-ring (bicyclic) bond motifs is 1. The third-order valence-corrected chi connectivity index (χ3v) is 7.56. The van der Waals surface area contributed by atoms with Crippen LogP contribution in [0.5, 0.6) is 5.75 Å². The lowest BCUT2D eigenvalue weighted by molar-refractivity contribution is -0.165. The van der Waals surface area contributed by atoms with Gasteiger partial charge in [0.1, 0.15) is 17.2 Å². The van der Waals surface area contributed by atoms with Crippen LogP contribution in [-0.2, 0) is 19.1 Å². The van der Waals surface area contributed by atoms with E-state index in [0.29, 0.717) is 5.75 Å². The molecule has 3 atom stereocenters. The van der Waals surface area contributed by atoms with E-state index in [0.717, 1.165) is 16.7 Å². The lowest BCUT2D eigenvalue weighted by Crippen LogP contribution is -2.74. The molecule has 2 aliphatic rings. The molecule has 0 bridgehead atoms. The first-order valence-electron chi connectivity index (χ1n) is 11.9. The van der Waals surface area contributed by atoms with Crippen molar-refractivity contribution in [2.24, 2.45) is 0 Å². The third-order valence-electron chi connectivity index (χ3n) is 6.27. The molecule has 1 N–H and O–H groups in total. The maximum absolute atomic E-state index is 13.5. The van der Waals surface area contributed by atoms with Gasteiger partial charge in [-0.1, -0.05) is 78.9 Å². The minimum absolute atomic E-state index is 0.207. The van der Waals surface area contributed by atoms with E-state index in [4.69, 9.17) is 9.47 Å². The molecule has 7 nitrogen and oxygen atoms in total. The van der Waals surface area contributed by atoms with Gasteiger partial charge in [-0.05, 0) is 41.2 Å². The molecule has 3 aromatic rings. The summed E-state index contributed by atoms with van der Waals surface area (Å²) in [5.41, 5.74) is 2.39. The SMILES string of the molecule is CC1=CS[C@@H]2C(NC(=O)COc3ccccc3)C(=O)N2C1C(=O)OC(c1ccccc1)c1ccccc1. The van der Waals surface area contributed by atoms with Crippen LogP contribution in [0.3, 0.4) is 0 Å². The minimum atomic E-state index is -0.859. The highest BCUT2D eigenvalue weighted by molar-refractivity contribution is 8.02. The molecular formula is C29H26N2O5S. The molecule has 5 rings (SSSR count). The zero-order valence-corrected chi connectivity index (χ0v) is 21.0. The van der Waals surface area contributed by atoms with Crippen molar-refractivity contribution in [3.05, 3.63) is 113 Å². The van der Waals surface area contributed by atoms with Crippen molar-refractivity contribution < 1.29 is 23.9 Å². The summed E-state index contributed by atoms with van der Waals surface area (Å²) in [5.74, 6) is -0.668. The van der Waals surface area contributed by atoms with Crippen LogP contribution >= 0.6 is 11.8 Å². The molecule has 0 saturated carbocycles. The van der Waals surface area contributed by atoms with Crippen LogP contribution in [0.2, 0.25) is 0 Å². The summed E-state index contributed by atoms with van der Waals surface area (Å²) in [6, 6.07) is 26.4. The Hall–Kier alpha value is -4.04. The van der Waals surface area contributed by atoms with Gasteiger partial charge in [-0.25, -0.2) is 4.79 Å². The first-order valence-corrected chi connectivity index (χ1v) is 12.9. The highest BCUT2D eigenvalue weighted by Gasteiger charge is 2.55. The minimum Gasteiger partial charge on any atom is -0.484 e. The Bertz CT molecular complexity index is 1260. The Kier molecular flexibility index (Phi) is 7.28. The normalized spacial score (nSPS) is 20.4. The smallest absolute Gasteiger partial charge is 0.334 e. The number of nitrogens with zero attached hydrogens (tertiary/aromatic N) is 1. The molecular weight excluding hydrogens is 488 g/mol. The fourth-order valence-corrected chi connectivity index (χ4v) is 5.62. The predicted octanol–water partition coefficient (Wildman–Crippen LogP) is 4.07. The lowest BCUT2D eigenvalue weighted by atomic mass is 9.98. The highest BCUT2D eigenvalue weighted by Crippen LogP contribution is 2.41. The van der Waals surface area contributed by atoms with Gasteiger partial charge in [-0.3, -0.25) is 9.59 Å². The maximum atomic E-state index is 13.5. The van der Waals surface area contributed by atoms with E-state index < -0.39 is 35.4 Å². The number of thioether (sulfide) groups is 1. The van der Waals surface area contributed by atoms with E-state index in [-0.39, 0.29) is 12.5 Å². The van der Waals surface area contributed by atoms with Crippen molar-refractivity contribution in [1.82, 2.24) is 10.2 Å². The molecule has 8 heteroatoms. The van der Waals surface area contributed by atoms with Crippen LogP contribution in [-0.4, -0.2) is 46.7 Å². The summed E-state index contributed by atoms with van der Waals surface area (Å²) in [7, 11) is 0. The average Bonchev–Trinajstić information content (AvgIpc) is 2.94. The van der Waals surface area contributed by atoms with Crippen molar-refractivity contribution in [2.75, 3.05) is 6.61 Å². The second-order valence-electron chi connectivity index (χ2n) is 8.82. The summed E-state index contributed by atoms with van der Waals surface area (Å²) in [6.07, 6.45) is -0.613. The molecule has 2 unspecified atom stereocenters. The van der Waals surface area contributed by atoms with Gasteiger partial charge in [0.05, 0.1) is 0 Å². The molecule has 2 heterocycles. The second-order valence-corrected chi connectivity index (χ2v) is 9.81. The van der Waals surface area contributed by atoms with Gasteiger partial charge in [-0.15, -0.1) is 11.8 Å². The largest absolute Gasteiger partial charge is 0.484 e. The Labute approximate surface area is 219 Å². The van der Waals surface area contributed by atoms with E-state index >= 15 is 0 Å². The first-order chi connectivity index (χ1) is 18.0. The van der Waals surface area contributed by atoms with Crippen LogP contribution < -0.4 is 10.1 Å². The number of ether oxygens (including phenoxy) is 2. The van der Waals surface area contributed by atoms with Crippen molar-refractivity contribution in [3.63, 3.8) is 0 Å². The second kappa shape index (κ2) is 10.9. The molecule has 2 amide bonds. The topological polar surface area (TPSA) is 84.9 Å². The van der Waals surface area contributed by atoms with Gasteiger partial charge in [-0.2, -0.15) is 0 Å². The van der Waals surface area contributed by atoms with Gasteiger partial charge >= 0.3 is 5.97 Å². The zero-order valence-electron chi connectivity index (χ0n) is 20.2. The summed E-state index contributed by atoms with van der Waals surface area (Å²) in [6.45, 7) is 1.60. The number of hydrogen-bond donors (Lipinski definition) is 1. The van der Waals surface area contributed by atoms with Gasteiger partial charge in [0.15, 0.2) is 18.8 Å². The monoisotopic (exact) mass is 514 g/mol. The molecule has 2 aliphatic heterocycles. The maximum Gasteiger partial charge on any atom is 0.334 e. The van der Waals surface area contributed by atoms with E-state index in [9.17, 15) is 14.4 Å². The van der Waals surface area contributed by atoms with Crippen LogP contribution in [0.25, 0.3) is 0 Å². The van der Waals surface area contributed by atoms with Crippen molar-refractivity contribution in [3.8, 4) is 5.75 Å². The number of rotatable bonds is 8. The molecule has 188 valence electrons. The Balaban J connectivity index is 1.27. The standard InChI is InChI=1S/C29H26N2O5S/c1-19-18-37-28-24(30-23(32)17-35-22-15-9-4-10-16-22)27(33)31(28)25(19)29(34)36-26(20-11-5-2-6-12-20)21-13-7-3-8-14-21/h2-16,18,24-26,28H,17H2,1H3,(H,30,32)/t24?,25?,28-/m1/s1. The summed E-state index contributed by atoms with van der Waals surface area (Å²) in [5, 5.41) is 4.20. The molecule has 0 spiro atoms. The summed E-state index contributed by atoms with van der Waals surface area (Å²) >= 11 is 1.40. The first kappa shape index (κ1) is 24.6. The summed E-state index contributed by atoms with van der Waals surface area (Å²) < 4.78 is 11.5. The van der Waals surface area contributed by atoms with Gasteiger partial charge in [0.25, 0.3) is 5.91 Å². The van der Waals surface area contributed by atoms with Crippen molar-refractivity contribution in [2.45, 2.75) is 30.5 Å². The molecule has 1 saturated heterocycles. The zero-order chi connectivity index (χ0) is 25.8. The molecule has 0 aromatic heterocycles. The third kappa shape index (κ3) is 5.24. The number of benzene rings is 3. The van der Waals surface area contributed by atoms with Gasteiger partial charge in [0, 0.05) is 0 Å². The van der Waals surface area contributed by atoms with Gasteiger partial charge < -0.3 is 19.7 Å². The van der Waals surface area contributed by atoms with Crippen LogP contribution in [0, 0.1) is 0 Å². The van der Waals surface area contributed by atoms with E-state index in [1.54, 1.807) is 12.1 Å². The number of para-hydroxylation sites is 1. The highest BCUT2D eigenvalue weighted by atomic mass is 32.2. The van der Waals surface area contributed by atoms with Crippen molar-refractivity contribution >= 4 is 29.5 Å². The molecule has 0 aliphatic carbocycles. The Morgan fingerprint density at radius 2 is 1.49 bits per heavy atom. The van der Waals surface area contributed by atoms with E-state index in [1.807, 2.05) is 91.2 Å². The molecule has 1 fully saturated rings. The van der Waals surface area contributed by atoms with E-state index in [2.05, 4.69) is 5.32 Å². The van der Waals surface area contributed by atoms with Gasteiger partial charge in [0.2, 0.25) is 5.91 Å². The van der Waals surface area contributed by atoms with Crippen LogP contribution in [0.1, 0.15) is 24.2 Å². The van der Waals surface area contributed by atoms with Crippen LogP contribution in [0.15, 0.2) is 102 Å². The van der Waals surface area contributed by atoms with Crippen molar-refractivity contribution in [1.29, 1.82) is 0 Å². The fraction of sp³-hybridized carbons (Fsp3) is 0.207. The van der Waals surface area contributed by atoms with E-state index in [1.165, 1.54) is 16.7 Å². The predicted molar refractivity (Wildman–Crippen MR) is 140 cm³/mol. The molecule has 37 heavy (non-hydrogen) atoms. The lowest BCUT2D eigenvalue weighted by Gasteiger charge is -2.51. The number of nitrogens with one attached hydrogen (secondary N) is 1. The number of esters is 1. The molecule has 0 radical (unpaired) electrons. The number of carbonyl (C=O) groups is 3. The van der Waals surface area contributed by atoms with Crippen LogP contribution in [0.4, 0.5) is 0 Å². The Morgan fingerprint density at radius 3 is 2.08 bits per heavy atom. The number of β-lactam (4-membered cyclic amide) rings is 1. The quantitative estimate of drug-likeness (QED) is 0.360. The Morgan fingerprint density at radius 1 is 0.919 bits per heavy atom. The number of hydrogen-bond acceptors (Lipinski definition) is 6. The average molecular weight is 515 g/mol. The molecule has 3 aromatic carbocycles.